The van der Waals surface area contributed by atoms with Crippen molar-refractivity contribution in [3.63, 3.8) is 0 Å². The lowest BCUT2D eigenvalue weighted by atomic mass is 10.0. The van der Waals surface area contributed by atoms with Crippen molar-refractivity contribution in [2.24, 2.45) is 0 Å². The van der Waals surface area contributed by atoms with E-state index in [0.29, 0.717) is 43.4 Å². The number of nitrogens with zero attached hydrogens (tertiary/aromatic N) is 1. The fourth-order valence-electron chi connectivity index (χ4n) is 3.42. The minimum Gasteiger partial charge on any atom is -0.490 e. The Morgan fingerprint density at radius 2 is 1.62 bits per heavy atom. The first-order valence-corrected chi connectivity index (χ1v) is 10.4. The van der Waals surface area contributed by atoms with Crippen molar-refractivity contribution in [1.29, 1.82) is 0 Å². The molecule has 2 heterocycles. The van der Waals surface area contributed by atoms with E-state index in [9.17, 15) is 8.42 Å². The topological polar surface area (TPSA) is 55.8 Å². The van der Waals surface area contributed by atoms with Gasteiger partial charge in [0.15, 0.2) is 11.5 Å². The molecule has 0 radical (unpaired) electrons. The van der Waals surface area contributed by atoms with E-state index in [0.717, 1.165) is 34.4 Å². The first-order chi connectivity index (χ1) is 12.4. The smallest absolute Gasteiger partial charge is 0.243 e. The molecule has 0 N–H and O–H groups in total. The molecule has 0 aromatic heterocycles. The van der Waals surface area contributed by atoms with Crippen molar-refractivity contribution in [3.8, 4) is 11.5 Å². The molecule has 0 fully saturated rings. The van der Waals surface area contributed by atoms with E-state index in [1.807, 2.05) is 32.0 Å². The molecule has 4 rings (SSSR count). The Bertz CT molecular complexity index is 953. The second-order valence-corrected chi connectivity index (χ2v) is 8.89. The number of ether oxygens (including phenoxy) is 2. The molecule has 0 bridgehead atoms. The summed E-state index contributed by atoms with van der Waals surface area (Å²) in [5.41, 5.74) is 4.21. The molecule has 138 valence electrons. The maximum Gasteiger partial charge on any atom is 0.243 e. The van der Waals surface area contributed by atoms with E-state index >= 15 is 0 Å². The van der Waals surface area contributed by atoms with Crippen LogP contribution in [0.3, 0.4) is 0 Å². The zero-order chi connectivity index (χ0) is 18.3. The lowest BCUT2D eigenvalue weighted by Gasteiger charge is -2.29. The number of hydrogen-bond donors (Lipinski definition) is 0. The number of benzene rings is 2. The average Bonchev–Trinajstić information content (AvgIpc) is 2.86. The molecule has 0 atom stereocenters. The van der Waals surface area contributed by atoms with Gasteiger partial charge in [0, 0.05) is 19.5 Å². The minimum atomic E-state index is -3.51. The Kier molecular flexibility index (Phi) is 4.40. The second-order valence-electron chi connectivity index (χ2n) is 6.95. The zero-order valence-electron chi connectivity index (χ0n) is 15.1. The van der Waals surface area contributed by atoms with Gasteiger partial charge in [0.2, 0.25) is 10.0 Å². The molecule has 26 heavy (non-hydrogen) atoms. The summed E-state index contributed by atoms with van der Waals surface area (Å²) in [4.78, 5) is 0.360. The Morgan fingerprint density at radius 1 is 0.923 bits per heavy atom. The third-order valence-corrected chi connectivity index (χ3v) is 7.00. The number of aryl methyl sites for hydroxylation is 2. The largest absolute Gasteiger partial charge is 0.490 e. The molecular formula is C20H23NO4S. The highest BCUT2D eigenvalue weighted by molar-refractivity contribution is 7.89. The summed E-state index contributed by atoms with van der Waals surface area (Å²) in [5, 5.41) is 0. The molecule has 0 spiro atoms. The van der Waals surface area contributed by atoms with Gasteiger partial charge >= 0.3 is 0 Å². The lowest BCUT2D eigenvalue weighted by molar-refractivity contribution is 0.297. The van der Waals surface area contributed by atoms with Crippen LogP contribution in [-0.2, 0) is 23.0 Å². The number of rotatable bonds is 2. The van der Waals surface area contributed by atoms with Crippen LogP contribution in [0.25, 0.3) is 0 Å². The van der Waals surface area contributed by atoms with Gasteiger partial charge in [0.1, 0.15) is 0 Å². The van der Waals surface area contributed by atoms with Crippen LogP contribution in [-0.4, -0.2) is 32.5 Å². The fourth-order valence-corrected chi connectivity index (χ4v) is 4.92. The average molecular weight is 373 g/mol. The van der Waals surface area contributed by atoms with Gasteiger partial charge in [-0.15, -0.1) is 0 Å². The van der Waals surface area contributed by atoms with Crippen LogP contribution in [0.15, 0.2) is 35.2 Å². The van der Waals surface area contributed by atoms with E-state index in [1.165, 1.54) is 0 Å². The SMILES string of the molecule is Cc1ccc(S(=O)(=O)N2CCc3cc4c(cc3C2)OCCCO4)cc1C. The Morgan fingerprint density at radius 3 is 2.31 bits per heavy atom. The summed E-state index contributed by atoms with van der Waals surface area (Å²) in [6.45, 7) is 6.03. The summed E-state index contributed by atoms with van der Waals surface area (Å²) < 4.78 is 39.2. The minimum absolute atomic E-state index is 0.360. The number of fused-ring (bicyclic) bond motifs is 2. The van der Waals surface area contributed by atoms with Gasteiger partial charge in [-0.3, -0.25) is 0 Å². The van der Waals surface area contributed by atoms with Crippen molar-refractivity contribution in [3.05, 3.63) is 52.6 Å². The van der Waals surface area contributed by atoms with Crippen LogP contribution >= 0.6 is 0 Å². The van der Waals surface area contributed by atoms with Crippen LogP contribution in [0.5, 0.6) is 11.5 Å². The van der Waals surface area contributed by atoms with Crippen molar-refractivity contribution in [1.82, 2.24) is 4.31 Å². The van der Waals surface area contributed by atoms with Crippen molar-refractivity contribution < 1.29 is 17.9 Å². The normalized spacial score (nSPS) is 17.5. The van der Waals surface area contributed by atoms with Crippen molar-refractivity contribution >= 4 is 10.0 Å². The van der Waals surface area contributed by atoms with Crippen molar-refractivity contribution in [2.75, 3.05) is 19.8 Å². The molecular weight excluding hydrogens is 350 g/mol. The summed E-state index contributed by atoms with van der Waals surface area (Å²) in [7, 11) is -3.51. The Balaban J connectivity index is 1.65. The number of hydrogen-bond acceptors (Lipinski definition) is 4. The molecule has 0 unspecified atom stereocenters. The zero-order valence-corrected chi connectivity index (χ0v) is 15.9. The van der Waals surface area contributed by atoms with Crippen LogP contribution in [0.4, 0.5) is 0 Å². The highest BCUT2D eigenvalue weighted by atomic mass is 32.2. The van der Waals surface area contributed by atoms with Gasteiger partial charge < -0.3 is 9.47 Å². The highest BCUT2D eigenvalue weighted by Crippen LogP contribution is 2.36. The van der Waals surface area contributed by atoms with Gasteiger partial charge in [-0.05, 0) is 66.8 Å². The molecule has 2 aromatic carbocycles. The van der Waals surface area contributed by atoms with Gasteiger partial charge in [-0.2, -0.15) is 4.31 Å². The van der Waals surface area contributed by atoms with E-state index in [1.54, 1.807) is 16.4 Å². The second kappa shape index (κ2) is 6.59. The molecule has 0 saturated carbocycles. The van der Waals surface area contributed by atoms with E-state index in [4.69, 9.17) is 9.47 Å². The van der Waals surface area contributed by atoms with Gasteiger partial charge in [0.25, 0.3) is 0 Å². The third kappa shape index (κ3) is 3.08. The Hall–Kier alpha value is -2.05. The summed E-state index contributed by atoms with van der Waals surface area (Å²) in [5.74, 6) is 1.48. The molecule has 6 heteroatoms. The molecule has 2 aliphatic rings. The predicted octanol–water partition coefficient (Wildman–Crippen LogP) is 3.21. The first kappa shape index (κ1) is 17.4. The summed E-state index contributed by atoms with van der Waals surface area (Å²) in [6.07, 6.45) is 1.53. The van der Waals surface area contributed by atoms with Crippen LogP contribution < -0.4 is 9.47 Å². The molecule has 0 amide bonds. The van der Waals surface area contributed by atoms with Crippen LogP contribution in [0.1, 0.15) is 28.7 Å². The predicted molar refractivity (Wildman–Crippen MR) is 99.3 cm³/mol. The molecule has 0 saturated heterocycles. The van der Waals surface area contributed by atoms with Crippen LogP contribution in [0.2, 0.25) is 0 Å². The molecule has 0 aliphatic carbocycles. The first-order valence-electron chi connectivity index (χ1n) is 8.94. The summed E-state index contributed by atoms with van der Waals surface area (Å²) in [6, 6.07) is 9.27. The summed E-state index contributed by atoms with van der Waals surface area (Å²) >= 11 is 0. The highest BCUT2D eigenvalue weighted by Gasteiger charge is 2.29. The van der Waals surface area contributed by atoms with Gasteiger partial charge in [-0.25, -0.2) is 8.42 Å². The number of sulfonamides is 1. The van der Waals surface area contributed by atoms with Gasteiger partial charge in [0.05, 0.1) is 18.1 Å². The van der Waals surface area contributed by atoms with Gasteiger partial charge in [-0.1, -0.05) is 6.07 Å². The van der Waals surface area contributed by atoms with E-state index < -0.39 is 10.0 Å². The standard InChI is InChI=1S/C20H23NO4S/c1-14-4-5-18(10-15(14)2)26(22,23)21-7-6-16-11-19-20(12-17(16)13-21)25-9-3-8-24-19/h4-5,10-12H,3,6-9,13H2,1-2H3. The monoisotopic (exact) mass is 373 g/mol. The molecule has 2 aromatic rings. The van der Waals surface area contributed by atoms with E-state index in [2.05, 4.69) is 0 Å². The Labute approximate surface area is 154 Å². The van der Waals surface area contributed by atoms with E-state index in [-0.39, 0.29) is 0 Å². The van der Waals surface area contributed by atoms with Crippen molar-refractivity contribution in [2.45, 2.75) is 38.1 Å². The maximum atomic E-state index is 13.1. The lowest BCUT2D eigenvalue weighted by Crippen LogP contribution is -2.36. The van der Waals surface area contributed by atoms with Crippen LogP contribution in [0, 0.1) is 13.8 Å². The maximum absolute atomic E-state index is 13.1. The molecule has 2 aliphatic heterocycles. The third-order valence-electron chi connectivity index (χ3n) is 5.16. The molecule has 5 nitrogen and oxygen atoms in total. The fraction of sp³-hybridized carbons (Fsp3) is 0.400. The quantitative estimate of drug-likeness (QED) is 0.811.